The molecular formula is C14H24N2O2. The number of nitrogens with zero attached hydrogens (tertiary/aromatic N) is 2. The Bertz CT molecular complexity index is 318. The minimum atomic E-state index is 0.193. The number of rotatable bonds is 1. The van der Waals surface area contributed by atoms with Crippen LogP contribution in [-0.2, 0) is 9.53 Å². The summed E-state index contributed by atoms with van der Waals surface area (Å²) < 4.78 is 5.44. The lowest BCUT2D eigenvalue weighted by Gasteiger charge is -2.46. The Kier molecular flexibility index (Phi) is 3.32. The number of carbonyl (C=O) groups is 1. The van der Waals surface area contributed by atoms with E-state index < -0.39 is 0 Å². The summed E-state index contributed by atoms with van der Waals surface area (Å²) >= 11 is 0. The standard InChI is InChI=1S/C14H24N2O2/c1-15-13(17)2-5-14(15)6-8-16(9-7-14)12-3-10-18-11-4-12/h12H,2-11H2,1H3. The van der Waals surface area contributed by atoms with Crippen molar-refractivity contribution in [3.05, 3.63) is 0 Å². The topological polar surface area (TPSA) is 32.8 Å². The van der Waals surface area contributed by atoms with Gasteiger partial charge < -0.3 is 14.5 Å². The molecule has 18 heavy (non-hydrogen) atoms. The van der Waals surface area contributed by atoms with E-state index in [1.165, 1.54) is 12.8 Å². The number of hydrogen-bond acceptors (Lipinski definition) is 3. The second-order valence-corrected chi connectivity index (χ2v) is 6.06. The van der Waals surface area contributed by atoms with Crippen molar-refractivity contribution in [2.45, 2.75) is 50.1 Å². The van der Waals surface area contributed by atoms with E-state index in [-0.39, 0.29) is 5.54 Å². The molecule has 4 nitrogen and oxygen atoms in total. The zero-order chi connectivity index (χ0) is 12.6. The highest BCUT2D eigenvalue weighted by molar-refractivity contribution is 5.79. The van der Waals surface area contributed by atoms with Crippen LogP contribution in [0.4, 0.5) is 0 Å². The second-order valence-electron chi connectivity index (χ2n) is 6.06. The molecule has 0 N–H and O–H groups in total. The number of likely N-dealkylation sites (tertiary alicyclic amines) is 2. The summed E-state index contributed by atoms with van der Waals surface area (Å²) in [6, 6.07) is 0.721. The van der Waals surface area contributed by atoms with Crippen LogP contribution in [0, 0.1) is 0 Å². The van der Waals surface area contributed by atoms with Gasteiger partial charge in [-0.3, -0.25) is 4.79 Å². The van der Waals surface area contributed by atoms with E-state index in [0.717, 1.165) is 58.0 Å². The highest BCUT2D eigenvalue weighted by Gasteiger charge is 2.45. The molecule has 0 aromatic heterocycles. The molecule has 3 heterocycles. The summed E-state index contributed by atoms with van der Waals surface area (Å²) in [6.07, 6.45) is 6.51. The lowest BCUT2D eigenvalue weighted by molar-refractivity contribution is -0.130. The van der Waals surface area contributed by atoms with Gasteiger partial charge in [-0.2, -0.15) is 0 Å². The molecule has 3 fully saturated rings. The van der Waals surface area contributed by atoms with Gasteiger partial charge in [-0.1, -0.05) is 0 Å². The number of piperidine rings is 1. The highest BCUT2D eigenvalue weighted by atomic mass is 16.5. The summed E-state index contributed by atoms with van der Waals surface area (Å²) in [5.74, 6) is 0.342. The number of hydrogen-bond donors (Lipinski definition) is 0. The van der Waals surface area contributed by atoms with Crippen LogP contribution in [0.15, 0.2) is 0 Å². The first-order chi connectivity index (χ1) is 8.71. The maximum atomic E-state index is 11.7. The van der Waals surface area contributed by atoms with Crippen molar-refractivity contribution in [3.8, 4) is 0 Å². The predicted octanol–water partition coefficient (Wildman–Crippen LogP) is 1.25. The van der Waals surface area contributed by atoms with Crippen LogP contribution in [0.5, 0.6) is 0 Å². The molecule has 0 aromatic carbocycles. The molecule has 0 saturated carbocycles. The summed E-state index contributed by atoms with van der Waals surface area (Å²) in [6.45, 7) is 4.15. The molecule has 0 aliphatic carbocycles. The zero-order valence-electron chi connectivity index (χ0n) is 11.4. The molecule has 1 amide bonds. The van der Waals surface area contributed by atoms with Gasteiger partial charge in [0.1, 0.15) is 0 Å². The van der Waals surface area contributed by atoms with E-state index >= 15 is 0 Å². The molecule has 4 heteroatoms. The molecule has 0 atom stereocenters. The maximum absolute atomic E-state index is 11.7. The Morgan fingerprint density at radius 3 is 2.39 bits per heavy atom. The molecule has 0 unspecified atom stereocenters. The van der Waals surface area contributed by atoms with Gasteiger partial charge in [-0.25, -0.2) is 0 Å². The first-order valence-electron chi connectivity index (χ1n) is 7.30. The molecule has 102 valence electrons. The van der Waals surface area contributed by atoms with Crippen molar-refractivity contribution in [2.24, 2.45) is 0 Å². The van der Waals surface area contributed by atoms with Crippen LogP contribution >= 0.6 is 0 Å². The molecule has 0 bridgehead atoms. The molecule has 3 rings (SSSR count). The normalized spacial score (nSPS) is 30.3. The molecule has 3 aliphatic heterocycles. The van der Waals surface area contributed by atoms with Crippen molar-refractivity contribution >= 4 is 5.91 Å². The van der Waals surface area contributed by atoms with Crippen molar-refractivity contribution in [2.75, 3.05) is 33.4 Å². The fraction of sp³-hybridized carbons (Fsp3) is 0.929. The summed E-state index contributed by atoms with van der Waals surface area (Å²) in [4.78, 5) is 16.4. The lowest BCUT2D eigenvalue weighted by Crippen LogP contribution is -2.54. The SMILES string of the molecule is CN1C(=O)CCC12CCN(C1CCOCC1)CC2. The van der Waals surface area contributed by atoms with Crippen molar-refractivity contribution in [1.82, 2.24) is 9.80 Å². The van der Waals surface area contributed by atoms with Crippen LogP contribution in [0.3, 0.4) is 0 Å². The fourth-order valence-electron chi connectivity index (χ4n) is 3.88. The first kappa shape index (κ1) is 12.4. The first-order valence-corrected chi connectivity index (χ1v) is 7.30. The Labute approximate surface area is 109 Å². The smallest absolute Gasteiger partial charge is 0.222 e. The molecule has 3 aliphatic rings. The van der Waals surface area contributed by atoms with Gasteiger partial charge in [0.2, 0.25) is 5.91 Å². The highest BCUT2D eigenvalue weighted by Crippen LogP contribution is 2.38. The van der Waals surface area contributed by atoms with Crippen LogP contribution in [0.1, 0.15) is 38.5 Å². The van der Waals surface area contributed by atoms with Crippen molar-refractivity contribution in [1.29, 1.82) is 0 Å². The third-order valence-electron chi connectivity index (χ3n) is 5.33. The fourth-order valence-corrected chi connectivity index (χ4v) is 3.88. The Morgan fingerprint density at radius 1 is 1.17 bits per heavy atom. The van der Waals surface area contributed by atoms with Crippen molar-refractivity contribution in [3.63, 3.8) is 0 Å². The molecule has 0 radical (unpaired) electrons. The van der Waals surface area contributed by atoms with Crippen LogP contribution in [0.25, 0.3) is 0 Å². The van der Waals surface area contributed by atoms with E-state index in [1.807, 2.05) is 11.9 Å². The minimum absolute atomic E-state index is 0.193. The molecule has 0 aromatic rings. The minimum Gasteiger partial charge on any atom is -0.381 e. The predicted molar refractivity (Wildman–Crippen MR) is 69.4 cm³/mol. The average molecular weight is 252 g/mol. The van der Waals surface area contributed by atoms with Gasteiger partial charge >= 0.3 is 0 Å². The van der Waals surface area contributed by atoms with Gasteiger partial charge in [0.15, 0.2) is 0 Å². The van der Waals surface area contributed by atoms with Crippen LogP contribution in [0.2, 0.25) is 0 Å². The third kappa shape index (κ3) is 2.05. The number of carbonyl (C=O) groups excluding carboxylic acids is 1. The van der Waals surface area contributed by atoms with Gasteiger partial charge in [-0.05, 0) is 32.1 Å². The molecule has 3 saturated heterocycles. The monoisotopic (exact) mass is 252 g/mol. The van der Waals surface area contributed by atoms with E-state index in [4.69, 9.17) is 4.74 Å². The van der Waals surface area contributed by atoms with Gasteiger partial charge in [0, 0.05) is 51.4 Å². The maximum Gasteiger partial charge on any atom is 0.222 e. The largest absolute Gasteiger partial charge is 0.381 e. The van der Waals surface area contributed by atoms with E-state index in [1.54, 1.807) is 0 Å². The van der Waals surface area contributed by atoms with Crippen molar-refractivity contribution < 1.29 is 9.53 Å². The van der Waals surface area contributed by atoms with E-state index in [9.17, 15) is 4.79 Å². The number of amides is 1. The Balaban J connectivity index is 1.59. The van der Waals surface area contributed by atoms with Gasteiger partial charge in [0.05, 0.1) is 0 Å². The molecule has 1 spiro atoms. The summed E-state index contributed by atoms with van der Waals surface area (Å²) in [5.41, 5.74) is 0.193. The van der Waals surface area contributed by atoms with Gasteiger partial charge in [0.25, 0.3) is 0 Å². The third-order valence-corrected chi connectivity index (χ3v) is 5.33. The van der Waals surface area contributed by atoms with Crippen LogP contribution < -0.4 is 0 Å². The lowest BCUT2D eigenvalue weighted by atomic mass is 9.84. The quantitative estimate of drug-likeness (QED) is 0.704. The Hall–Kier alpha value is -0.610. The van der Waals surface area contributed by atoms with Gasteiger partial charge in [-0.15, -0.1) is 0 Å². The van der Waals surface area contributed by atoms with E-state index in [2.05, 4.69) is 4.90 Å². The molecular weight excluding hydrogens is 228 g/mol. The number of ether oxygens (including phenoxy) is 1. The summed E-state index contributed by atoms with van der Waals surface area (Å²) in [7, 11) is 2.00. The Morgan fingerprint density at radius 2 is 1.83 bits per heavy atom. The van der Waals surface area contributed by atoms with E-state index in [0.29, 0.717) is 5.91 Å². The average Bonchev–Trinajstić information content (AvgIpc) is 2.70. The summed E-state index contributed by atoms with van der Waals surface area (Å²) in [5, 5.41) is 0. The van der Waals surface area contributed by atoms with Crippen LogP contribution in [-0.4, -0.2) is 60.6 Å². The zero-order valence-corrected chi connectivity index (χ0v) is 11.4. The second kappa shape index (κ2) is 4.82.